The minimum atomic E-state index is -0.324. The van der Waals surface area contributed by atoms with Crippen LogP contribution < -0.4 is 5.32 Å². The number of nitrogens with zero attached hydrogens (tertiary/aromatic N) is 3. The zero-order valence-corrected chi connectivity index (χ0v) is 17.7. The van der Waals surface area contributed by atoms with E-state index in [1.54, 1.807) is 31.5 Å². The molecule has 28 heavy (non-hydrogen) atoms. The lowest BCUT2D eigenvalue weighted by Crippen LogP contribution is -2.40. The van der Waals surface area contributed by atoms with Crippen LogP contribution in [0, 0.1) is 0 Å². The Hall–Kier alpha value is -2.51. The molecule has 0 amide bonds. The number of benzene rings is 1. The van der Waals surface area contributed by atoms with Crippen LogP contribution in [0.15, 0.2) is 48.8 Å². The van der Waals surface area contributed by atoms with Crippen molar-refractivity contribution >= 4 is 29.0 Å². The summed E-state index contributed by atoms with van der Waals surface area (Å²) in [5.41, 5.74) is 2.50. The lowest BCUT2D eigenvalue weighted by molar-refractivity contribution is 0.0526. The van der Waals surface area contributed by atoms with Gasteiger partial charge in [0.05, 0.1) is 18.2 Å². The summed E-state index contributed by atoms with van der Waals surface area (Å²) in [4.78, 5) is 20.2. The topological polar surface area (TPSA) is 57.7 Å². The quantitative estimate of drug-likeness (QED) is 0.537. The number of carbonyl (C=O) groups excluding carboxylic acids is 1. The molecule has 0 spiro atoms. The molecule has 0 fully saturated rings. The Morgan fingerprint density at radius 2 is 1.79 bits per heavy atom. The normalized spacial score (nSPS) is 11.8. The Bertz CT molecular complexity index is 766. The molecule has 1 atom stereocenters. The standard InChI is InChI=1S/C21H28N4O2S/c1-5-27-20(26)18-6-8-19(9-7-18)23-21(28)25(15-14-24(3)4)16(2)17-10-12-22-13-11-17/h6-13,16H,5,14-15H2,1-4H3,(H,23,28)/t16-/m0/s1. The largest absolute Gasteiger partial charge is 0.462 e. The van der Waals surface area contributed by atoms with E-state index < -0.39 is 0 Å². The first-order chi connectivity index (χ1) is 13.4. The second-order valence-electron chi connectivity index (χ2n) is 6.68. The highest BCUT2D eigenvalue weighted by atomic mass is 32.1. The lowest BCUT2D eigenvalue weighted by atomic mass is 10.1. The third kappa shape index (κ3) is 6.28. The molecule has 1 aromatic heterocycles. The first kappa shape index (κ1) is 21.8. The van der Waals surface area contributed by atoms with Crippen molar-refractivity contribution in [2.75, 3.05) is 39.1 Å². The maximum Gasteiger partial charge on any atom is 0.338 e. The van der Waals surface area contributed by atoms with E-state index in [1.807, 2.05) is 38.4 Å². The summed E-state index contributed by atoms with van der Waals surface area (Å²) < 4.78 is 5.02. The third-order valence-corrected chi connectivity index (χ3v) is 4.69. The zero-order valence-electron chi connectivity index (χ0n) is 16.9. The molecule has 6 nitrogen and oxygen atoms in total. The maximum atomic E-state index is 11.8. The Morgan fingerprint density at radius 3 is 2.36 bits per heavy atom. The Labute approximate surface area is 172 Å². The van der Waals surface area contributed by atoms with E-state index in [0.29, 0.717) is 17.3 Å². The van der Waals surface area contributed by atoms with Gasteiger partial charge in [0.15, 0.2) is 5.11 Å². The average molecular weight is 401 g/mol. The van der Waals surface area contributed by atoms with E-state index in [9.17, 15) is 4.79 Å². The predicted molar refractivity (Wildman–Crippen MR) is 117 cm³/mol. The molecule has 0 unspecified atom stereocenters. The van der Waals surface area contributed by atoms with Crippen molar-refractivity contribution in [3.8, 4) is 0 Å². The maximum absolute atomic E-state index is 11.8. The second kappa shape index (κ2) is 10.7. The number of likely N-dealkylation sites (N-methyl/N-ethyl adjacent to an activating group) is 1. The Morgan fingerprint density at radius 1 is 1.14 bits per heavy atom. The number of aromatic nitrogens is 1. The Balaban J connectivity index is 2.12. The summed E-state index contributed by atoms with van der Waals surface area (Å²) >= 11 is 5.70. The number of hydrogen-bond donors (Lipinski definition) is 1. The smallest absolute Gasteiger partial charge is 0.338 e. The summed E-state index contributed by atoms with van der Waals surface area (Å²) in [5.74, 6) is -0.324. The first-order valence-electron chi connectivity index (χ1n) is 9.31. The van der Waals surface area contributed by atoms with Gasteiger partial charge in [-0.15, -0.1) is 0 Å². The van der Waals surface area contributed by atoms with Crippen molar-refractivity contribution in [3.63, 3.8) is 0 Å². The van der Waals surface area contributed by atoms with Gasteiger partial charge in [0.1, 0.15) is 0 Å². The molecule has 0 saturated heterocycles. The zero-order chi connectivity index (χ0) is 20.5. The van der Waals surface area contributed by atoms with Gasteiger partial charge in [-0.2, -0.15) is 0 Å². The van der Waals surface area contributed by atoms with Crippen LogP contribution in [0.5, 0.6) is 0 Å². The van der Waals surface area contributed by atoms with Crippen LogP contribution in [-0.4, -0.2) is 59.7 Å². The summed E-state index contributed by atoms with van der Waals surface area (Å²) in [6, 6.07) is 11.2. The van der Waals surface area contributed by atoms with E-state index in [2.05, 4.69) is 27.0 Å². The molecule has 2 aromatic rings. The average Bonchev–Trinajstić information content (AvgIpc) is 2.69. The molecule has 0 aliphatic carbocycles. The molecular formula is C21H28N4O2S. The minimum absolute atomic E-state index is 0.0988. The van der Waals surface area contributed by atoms with Gasteiger partial charge in [0.25, 0.3) is 0 Å². The van der Waals surface area contributed by atoms with Crippen molar-refractivity contribution in [2.24, 2.45) is 0 Å². The van der Waals surface area contributed by atoms with Crippen LogP contribution >= 0.6 is 12.2 Å². The molecular weight excluding hydrogens is 372 g/mol. The first-order valence-corrected chi connectivity index (χ1v) is 9.72. The number of rotatable bonds is 8. The van der Waals surface area contributed by atoms with E-state index >= 15 is 0 Å². The van der Waals surface area contributed by atoms with Crippen LogP contribution in [0.2, 0.25) is 0 Å². The van der Waals surface area contributed by atoms with E-state index in [0.717, 1.165) is 24.3 Å². The van der Waals surface area contributed by atoms with Crippen molar-refractivity contribution in [3.05, 3.63) is 59.9 Å². The molecule has 0 aliphatic heterocycles. The fourth-order valence-electron chi connectivity index (χ4n) is 2.70. The van der Waals surface area contributed by atoms with Crippen LogP contribution in [-0.2, 0) is 4.74 Å². The molecule has 0 saturated carbocycles. The predicted octanol–water partition coefficient (Wildman–Crippen LogP) is 3.58. The van der Waals surface area contributed by atoms with Gasteiger partial charge in [-0.1, -0.05) is 0 Å². The summed E-state index contributed by atoms with van der Waals surface area (Å²) in [6.45, 7) is 5.93. The number of thiocarbonyl (C=S) groups is 1. The van der Waals surface area contributed by atoms with E-state index in [1.165, 1.54) is 0 Å². The highest BCUT2D eigenvalue weighted by Gasteiger charge is 2.19. The summed E-state index contributed by atoms with van der Waals surface area (Å²) in [6.07, 6.45) is 3.58. The minimum Gasteiger partial charge on any atom is -0.462 e. The van der Waals surface area contributed by atoms with Gasteiger partial charge in [-0.25, -0.2) is 4.79 Å². The molecule has 0 radical (unpaired) electrons. The number of hydrogen-bond acceptors (Lipinski definition) is 5. The number of pyridine rings is 1. The fourth-order valence-corrected chi connectivity index (χ4v) is 3.07. The van der Waals surface area contributed by atoms with Crippen molar-refractivity contribution in [1.29, 1.82) is 0 Å². The molecule has 2 rings (SSSR count). The number of ether oxygens (including phenoxy) is 1. The van der Waals surface area contributed by atoms with E-state index in [-0.39, 0.29) is 12.0 Å². The van der Waals surface area contributed by atoms with Crippen LogP contribution in [0.4, 0.5) is 5.69 Å². The fraction of sp³-hybridized carbons (Fsp3) is 0.381. The second-order valence-corrected chi connectivity index (χ2v) is 7.07. The van der Waals surface area contributed by atoms with Gasteiger partial charge in [-0.3, -0.25) is 4.98 Å². The number of nitrogens with one attached hydrogen (secondary N) is 1. The summed E-state index contributed by atoms with van der Waals surface area (Å²) in [7, 11) is 4.08. The molecule has 0 aliphatic rings. The van der Waals surface area contributed by atoms with Crippen molar-refractivity contribution < 1.29 is 9.53 Å². The highest BCUT2D eigenvalue weighted by molar-refractivity contribution is 7.80. The van der Waals surface area contributed by atoms with E-state index in [4.69, 9.17) is 17.0 Å². The third-order valence-electron chi connectivity index (χ3n) is 4.35. The highest BCUT2D eigenvalue weighted by Crippen LogP contribution is 2.21. The summed E-state index contributed by atoms with van der Waals surface area (Å²) in [5, 5.41) is 3.92. The molecule has 1 aromatic carbocycles. The van der Waals surface area contributed by atoms with Crippen molar-refractivity contribution in [1.82, 2.24) is 14.8 Å². The molecule has 7 heteroatoms. The lowest BCUT2D eigenvalue weighted by Gasteiger charge is -2.33. The molecule has 1 N–H and O–H groups in total. The van der Waals surface area contributed by atoms with Gasteiger partial charge < -0.3 is 19.9 Å². The van der Waals surface area contributed by atoms with Crippen molar-refractivity contribution in [2.45, 2.75) is 19.9 Å². The molecule has 0 bridgehead atoms. The number of anilines is 1. The number of carbonyl (C=O) groups is 1. The van der Waals surface area contributed by atoms with Gasteiger partial charge in [0, 0.05) is 31.2 Å². The Kier molecular flexibility index (Phi) is 8.35. The van der Waals surface area contributed by atoms with Gasteiger partial charge >= 0.3 is 5.97 Å². The van der Waals surface area contributed by atoms with Crippen LogP contribution in [0.3, 0.4) is 0 Å². The van der Waals surface area contributed by atoms with Crippen LogP contribution in [0.25, 0.3) is 0 Å². The van der Waals surface area contributed by atoms with Crippen LogP contribution in [0.1, 0.15) is 35.8 Å². The monoisotopic (exact) mass is 400 g/mol. The number of esters is 1. The van der Waals surface area contributed by atoms with Gasteiger partial charge in [0.2, 0.25) is 0 Å². The SMILES string of the molecule is CCOC(=O)c1ccc(NC(=S)N(CCN(C)C)[C@@H](C)c2ccncc2)cc1. The van der Waals surface area contributed by atoms with Gasteiger partial charge in [-0.05, 0) is 82.1 Å². The molecule has 1 heterocycles. The molecule has 150 valence electrons.